The second-order valence-corrected chi connectivity index (χ2v) is 6.09. The zero-order chi connectivity index (χ0) is 17.0. The highest BCUT2D eigenvalue weighted by Crippen LogP contribution is 2.12. The molecule has 0 bridgehead atoms. The van der Waals surface area contributed by atoms with Crippen LogP contribution in [0.4, 0.5) is 0 Å². The van der Waals surface area contributed by atoms with Crippen molar-refractivity contribution in [2.45, 2.75) is 19.3 Å². The van der Waals surface area contributed by atoms with Crippen molar-refractivity contribution in [2.24, 2.45) is 4.99 Å². The molecular weight excluding hydrogens is 451 g/mol. The molecule has 2 rings (SSSR count). The molecule has 0 saturated carbocycles. The van der Waals surface area contributed by atoms with Gasteiger partial charge < -0.3 is 15.2 Å². The van der Waals surface area contributed by atoms with Crippen molar-refractivity contribution in [3.05, 3.63) is 30.2 Å². The van der Waals surface area contributed by atoms with Crippen LogP contribution in [0.5, 0.6) is 0 Å². The smallest absolute Gasteiger partial charge is 0.276 e. The average Bonchev–Trinajstić information content (AvgIpc) is 3.09. The summed E-state index contributed by atoms with van der Waals surface area (Å²) in [5.74, 6) is 3.09. The predicted molar refractivity (Wildman–Crippen MR) is 114 cm³/mol. The maximum Gasteiger partial charge on any atom is 0.276 e. The summed E-state index contributed by atoms with van der Waals surface area (Å²) < 4.78 is 5.24. The Kier molecular flexibility index (Phi) is 11.2. The number of nitrogens with one attached hydrogen (secondary N) is 2. The first-order chi connectivity index (χ1) is 11.8. The van der Waals surface area contributed by atoms with E-state index in [-0.39, 0.29) is 24.0 Å². The lowest BCUT2D eigenvalue weighted by molar-refractivity contribution is 0.421. The minimum absolute atomic E-state index is 0. The Hall–Kier alpha value is -1.36. The Morgan fingerprint density at radius 3 is 2.80 bits per heavy atom. The van der Waals surface area contributed by atoms with E-state index in [9.17, 15) is 0 Å². The lowest BCUT2D eigenvalue weighted by atomic mass is 10.3. The number of pyridine rings is 1. The molecule has 2 N–H and O–H groups in total. The molecule has 0 aliphatic rings. The number of rotatable bonds is 9. The Morgan fingerprint density at radius 1 is 1.24 bits per heavy atom. The van der Waals surface area contributed by atoms with Gasteiger partial charge >= 0.3 is 0 Å². The monoisotopic (exact) mass is 476 g/mol. The summed E-state index contributed by atoms with van der Waals surface area (Å²) >= 11 is 1.88. The van der Waals surface area contributed by atoms with Crippen LogP contribution in [0.2, 0.25) is 0 Å². The minimum atomic E-state index is 0. The number of halogens is 1. The Balaban J connectivity index is 0.00000312. The molecule has 0 aromatic carbocycles. The molecule has 0 unspecified atom stereocenters. The van der Waals surface area contributed by atoms with Gasteiger partial charge in [-0.05, 0) is 37.0 Å². The summed E-state index contributed by atoms with van der Waals surface area (Å²) in [5, 5.41) is 10.5. The van der Waals surface area contributed by atoms with Crippen molar-refractivity contribution in [2.75, 3.05) is 32.1 Å². The molecule has 9 heteroatoms. The molecule has 2 heterocycles. The first-order valence-corrected chi connectivity index (χ1v) is 9.40. The van der Waals surface area contributed by atoms with Crippen LogP contribution < -0.4 is 10.6 Å². The third-order valence-electron chi connectivity index (χ3n) is 3.28. The molecule has 0 atom stereocenters. The third-order valence-corrected chi connectivity index (χ3v) is 3.98. The zero-order valence-corrected chi connectivity index (χ0v) is 17.7. The van der Waals surface area contributed by atoms with E-state index >= 15 is 0 Å². The van der Waals surface area contributed by atoms with Gasteiger partial charge in [-0.2, -0.15) is 16.7 Å². The molecule has 138 valence electrons. The number of hydrogen-bond donors (Lipinski definition) is 2. The number of aliphatic imine (C=N–C) groups is 1. The predicted octanol–water partition coefficient (Wildman–Crippen LogP) is 2.60. The molecule has 0 saturated heterocycles. The van der Waals surface area contributed by atoms with Crippen molar-refractivity contribution < 1.29 is 4.52 Å². The number of nitrogens with zero attached hydrogens (tertiary/aromatic N) is 4. The fourth-order valence-electron chi connectivity index (χ4n) is 2.04. The second kappa shape index (κ2) is 12.9. The van der Waals surface area contributed by atoms with E-state index < -0.39 is 0 Å². The van der Waals surface area contributed by atoms with Crippen LogP contribution in [-0.4, -0.2) is 53.2 Å². The van der Waals surface area contributed by atoms with Crippen molar-refractivity contribution in [3.63, 3.8) is 0 Å². The minimum Gasteiger partial charge on any atom is -0.356 e. The van der Waals surface area contributed by atoms with Gasteiger partial charge in [-0.3, -0.25) is 9.98 Å². The highest BCUT2D eigenvalue weighted by atomic mass is 127. The molecule has 0 aliphatic heterocycles. The largest absolute Gasteiger partial charge is 0.356 e. The van der Waals surface area contributed by atoms with E-state index in [0.717, 1.165) is 18.9 Å². The number of thioether (sulfide) groups is 1. The number of unbranched alkanes of at least 4 members (excludes halogenated alkanes) is 1. The van der Waals surface area contributed by atoms with Crippen molar-refractivity contribution >= 4 is 41.7 Å². The van der Waals surface area contributed by atoms with Crippen LogP contribution in [0.1, 0.15) is 18.7 Å². The number of aromatic nitrogens is 3. The van der Waals surface area contributed by atoms with Gasteiger partial charge in [-0.25, -0.2) is 0 Å². The van der Waals surface area contributed by atoms with Gasteiger partial charge in [0.05, 0.1) is 0 Å². The van der Waals surface area contributed by atoms with E-state index in [1.54, 1.807) is 13.2 Å². The van der Waals surface area contributed by atoms with Crippen LogP contribution in [0.25, 0.3) is 11.6 Å². The van der Waals surface area contributed by atoms with Crippen LogP contribution in [0.3, 0.4) is 0 Å². The van der Waals surface area contributed by atoms with Gasteiger partial charge in [0.1, 0.15) is 5.69 Å². The van der Waals surface area contributed by atoms with E-state index in [0.29, 0.717) is 30.4 Å². The molecule has 0 radical (unpaired) electrons. The Morgan fingerprint density at radius 2 is 2.08 bits per heavy atom. The summed E-state index contributed by atoms with van der Waals surface area (Å²) in [6.07, 6.45) is 6.84. The second-order valence-electron chi connectivity index (χ2n) is 5.11. The molecular formula is C16H25IN6OS. The van der Waals surface area contributed by atoms with Crippen LogP contribution in [-0.2, 0) is 6.42 Å². The summed E-state index contributed by atoms with van der Waals surface area (Å²) in [4.78, 5) is 12.8. The summed E-state index contributed by atoms with van der Waals surface area (Å²) in [5.41, 5.74) is 0.687. The summed E-state index contributed by atoms with van der Waals surface area (Å²) in [6.45, 7) is 1.61. The summed E-state index contributed by atoms with van der Waals surface area (Å²) in [6, 6.07) is 5.59. The highest BCUT2D eigenvalue weighted by Gasteiger charge is 2.09. The fourth-order valence-corrected chi connectivity index (χ4v) is 2.53. The SMILES string of the molecule is CN=C(NCCCCSC)NCCc1noc(-c2ccccn2)n1.I. The standard InChI is InChI=1S/C16H24N6OS.HI/c1-17-16(19-10-5-6-12-24-2)20-11-8-14-21-15(23-22-14)13-7-3-4-9-18-13;/h3-4,7,9H,5-6,8,10-12H2,1-2H3,(H2,17,19,20);1H. The molecule has 2 aromatic rings. The van der Waals surface area contributed by atoms with Gasteiger partial charge in [0.15, 0.2) is 11.8 Å². The van der Waals surface area contributed by atoms with Gasteiger partial charge in [-0.1, -0.05) is 11.2 Å². The molecule has 0 fully saturated rings. The molecule has 7 nitrogen and oxygen atoms in total. The first-order valence-electron chi connectivity index (χ1n) is 8.01. The zero-order valence-electron chi connectivity index (χ0n) is 14.6. The van der Waals surface area contributed by atoms with Crippen molar-refractivity contribution in [3.8, 4) is 11.6 Å². The van der Waals surface area contributed by atoms with Gasteiger partial charge in [0.2, 0.25) is 0 Å². The molecule has 0 aliphatic carbocycles. The molecule has 0 amide bonds. The summed E-state index contributed by atoms with van der Waals surface area (Å²) in [7, 11) is 1.77. The van der Waals surface area contributed by atoms with Gasteiger partial charge in [-0.15, -0.1) is 24.0 Å². The van der Waals surface area contributed by atoms with Crippen molar-refractivity contribution in [1.29, 1.82) is 0 Å². The maximum absolute atomic E-state index is 5.24. The first kappa shape index (κ1) is 21.7. The van der Waals surface area contributed by atoms with E-state index in [4.69, 9.17) is 4.52 Å². The van der Waals surface area contributed by atoms with Crippen LogP contribution in [0, 0.1) is 0 Å². The van der Waals surface area contributed by atoms with Crippen LogP contribution >= 0.6 is 35.7 Å². The fraction of sp³-hybridized carbons (Fsp3) is 0.500. The van der Waals surface area contributed by atoms with Crippen molar-refractivity contribution in [1.82, 2.24) is 25.8 Å². The number of hydrogen-bond acceptors (Lipinski definition) is 6. The van der Waals surface area contributed by atoms with Gasteiger partial charge in [0, 0.05) is 32.8 Å². The molecule has 2 aromatic heterocycles. The van der Waals surface area contributed by atoms with E-state index in [2.05, 4.69) is 37.0 Å². The third kappa shape index (κ3) is 8.04. The lowest BCUT2D eigenvalue weighted by Crippen LogP contribution is -2.38. The highest BCUT2D eigenvalue weighted by molar-refractivity contribution is 14.0. The average molecular weight is 476 g/mol. The Labute approximate surface area is 169 Å². The topological polar surface area (TPSA) is 88.2 Å². The Bertz CT molecular complexity index is 622. The lowest BCUT2D eigenvalue weighted by Gasteiger charge is -2.10. The normalized spacial score (nSPS) is 11.0. The number of guanidine groups is 1. The van der Waals surface area contributed by atoms with Crippen LogP contribution in [0.15, 0.2) is 33.9 Å². The van der Waals surface area contributed by atoms with E-state index in [1.165, 1.54) is 12.2 Å². The maximum atomic E-state index is 5.24. The van der Waals surface area contributed by atoms with E-state index in [1.807, 2.05) is 30.0 Å². The molecule has 25 heavy (non-hydrogen) atoms. The van der Waals surface area contributed by atoms with Gasteiger partial charge in [0.25, 0.3) is 5.89 Å². The quantitative estimate of drug-likeness (QED) is 0.249. The molecule has 0 spiro atoms.